The molecule has 3 heterocycles. The van der Waals surface area contributed by atoms with E-state index in [4.69, 9.17) is 0 Å². The van der Waals surface area contributed by atoms with E-state index in [1.807, 2.05) is 30.3 Å². The van der Waals surface area contributed by atoms with Crippen LogP contribution in [0.3, 0.4) is 0 Å². The van der Waals surface area contributed by atoms with Crippen LogP contribution in [0.4, 0.5) is 10.5 Å². The molecule has 1 N–H and O–H groups in total. The van der Waals surface area contributed by atoms with Crippen LogP contribution < -0.4 is 10.2 Å². The molecule has 2 aromatic rings. The summed E-state index contributed by atoms with van der Waals surface area (Å²) in [5, 5.41) is 3.61. The van der Waals surface area contributed by atoms with E-state index in [-0.39, 0.29) is 30.4 Å². The molecule has 0 spiro atoms. The van der Waals surface area contributed by atoms with Crippen molar-refractivity contribution in [3.63, 3.8) is 0 Å². The van der Waals surface area contributed by atoms with Crippen molar-refractivity contribution in [2.75, 3.05) is 31.6 Å². The number of likely N-dealkylation sites (N-methyl/N-ethyl adjacent to an activating group) is 1. The number of nitrogens with zero attached hydrogens (tertiary/aromatic N) is 4. The molecule has 7 heteroatoms. The van der Waals surface area contributed by atoms with Crippen molar-refractivity contribution in [1.29, 1.82) is 0 Å². The number of benzene rings is 2. The van der Waals surface area contributed by atoms with Crippen LogP contribution in [0.2, 0.25) is 0 Å². The van der Waals surface area contributed by atoms with Gasteiger partial charge in [-0.1, -0.05) is 43.3 Å². The Morgan fingerprint density at radius 3 is 2.48 bits per heavy atom. The minimum absolute atomic E-state index is 0.0943. The largest absolute Gasteiger partial charge is 0.343 e. The van der Waals surface area contributed by atoms with E-state index in [1.54, 1.807) is 11.9 Å². The number of hydrogen-bond acceptors (Lipinski definition) is 5. The van der Waals surface area contributed by atoms with Gasteiger partial charge in [0.25, 0.3) is 5.91 Å². The minimum Gasteiger partial charge on any atom is -0.343 e. The van der Waals surface area contributed by atoms with E-state index in [0.29, 0.717) is 18.9 Å². The van der Waals surface area contributed by atoms with Crippen molar-refractivity contribution in [1.82, 2.24) is 20.0 Å². The number of carbonyl (C=O) groups excluding carboxylic acids is 2. The Kier molecular flexibility index (Phi) is 5.62. The van der Waals surface area contributed by atoms with Gasteiger partial charge in [0, 0.05) is 32.4 Å². The van der Waals surface area contributed by atoms with E-state index in [9.17, 15) is 9.59 Å². The first kappa shape index (κ1) is 21.9. The fourth-order valence-corrected chi connectivity index (χ4v) is 5.41. The lowest BCUT2D eigenvalue weighted by Gasteiger charge is -2.46. The Morgan fingerprint density at radius 2 is 1.76 bits per heavy atom. The fourth-order valence-electron chi connectivity index (χ4n) is 5.41. The van der Waals surface area contributed by atoms with E-state index in [0.717, 1.165) is 24.3 Å². The SMILES string of the molecule is Cc1ccc(N2CC(C)CN3C4C(=O)N(CCc5ccccc5)C(=O)N(C)C4NC23)cc1C. The number of rotatable bonds is 4. The monoisotopic (exact) mass is 447 g/mol. The summed E-state index contributed by atoms with van der Waals surface area (Å²) in [5.41, 5.74) is 4.79. The number of fused-ring (bicyclic) bond motifs is 3. The normalized spacial score (nSPS) is 27.7. The molecule has 3 amide bonds. The molecule has 3 aliphatic heterocycles. The zero-order chi connectivity index (χ0) is 23.3. The smallest absolute Gasteiger partial charge is 0.327 e. The van der Waals surface area contributed by atoms with Crippen molar-refractivity contribution in [3.05, 3.63) is 65.2 Å². The quantitative estimate of drug-likeness (QED) is 0.781. The molecule has 3 saturated heterocycles. The molecule has 0 bridgehead atoms. The third-order valence-electron chi connectivity index (χ3n) is 7.37. The molecule has 3 aliphatic rings. The first-order valence-electron chi connectivity index (χ1n) is 11.8. The van der Waals surface area contributed by atoms with Crippen molar-refractivity contribution in [2.24, 2.45) is 5.92 Å². The highest BCUT2D eigenvalue weighted by Gasteiger charge is 2.56. The molecule has 5 rings (SSSR count). The van der Waals surface area contributed by atoms with Gasteiger partial charge in [0.2, 0.25) is 0 Å². The second-order valence-corrected chi connectivity index (χ2v) is 9.77. The average Bonchev–Trinajstić information content (AvgIpc) is 3.19. The summed E-state index contributed by atoms with van der Waals surface area (Å²) in [6.07, 6.45) is 0.208. The van der Waals surface area contributed by atoms with Crippen LogP contribution in [0.5, 0.6) is 0 Å². The second-order valence-electron chi connectivity index (χ2n) is 9.77. The lowest BCUT2D eigenvalue weighted by Crippen LogP contribution is -2.66. The first-order valence-corrected chi connectivity index (χ1v) is 11.8. The third kappa shape index (κ3) is 3.79. The number of carbonyl (C=O) groups is 2. The number of hydrogen-bond donors (Lipinski definition) is 1. The van der Waals surface area contributed by atoms with Crippen molar-refractivity contribution in [3.8, 4) is 0 Å². The zero-order valence-corrected chi connectivity index (χ0v) is 19.9. The maximum atomic E-state index is 13.7. The van der Waals surface area contributed by atoms with Gasteiger partial charge in [-0.25, -0.2) is 4.79 Å². The summed E-state index contributed by atoms with van der Waals surface area (Å²) in [6, 6.07) is 15.9. The summed E-state index contributed by atoms with van der Waals surface area (Å²) < 4.78 is 0. The summed E-state index contributed by atoms with van der Waals surface area (Å²) in [5.74, 6) is 0.306. The highest BCUT2D eigenvalue weighted by molar-refractivity contribution is 6.00. The standard InChI is InChI=1S/C26H33N5O2/c1-17-15-30(21-11-10-18(2)19(3)14-21)25-27-23-22(31(25)16-17)24(32)29(26(33)28(23)4)13-12-20-8-6-5-7-9-20/h5-11,14,17,22-23,25,27H,12-13,15-16H2,1-4H3. The number of nitrogens with one attached hydrogen (secondary N) is 1. The van der Waals surface area contributed by atoms with E-state index < -0.39 is 0 Å². The average molecular weight is 448 g/mol. The van der Waals surface area contributed by atoms with Crippen LogP contribution in [-0.4, -0.2) is 71.8 Å². The number of aryl methyl sites for hydroxylation is 2. The van der Waals surface area contributed by atoms with Crippen molar-refractivity contribution >= 4 is 17.6 Å². The highest BCUT2D eigenvalue weighted by atomic mass is 16.2. The molecule has 3 fully saturated rings. The third-order valence-corrected chi connectivity index (χ3v) is 7.37. The van der Waals surface area contributed by atoms with E-state index in [2.05, 4.69) is 54.1 Å². The summed E-state index contributed by atoms with van der Waals surface area (Å²) in [4.78, 5) is 34.6. The molecular formula is C26H33N5O2. The van der Waals surface area contributed by atoms with E-state index in [1.165, 1.54) is 16.0 Å². The molecule has 0 radical (unpaired) electrons. The van der Waals surface area contributed by atoms with Crippen LogP contribution in [0.1, 0.15) is 23.6 Å². The highest BCUT2D eigenvalue weighted by Crippen LogP contribution is 2.35. The fraction of sp³-hybridized carbons (Fsp3) is 0.462. The maximum Gasteiger partial charge on any atom is 0.327 e. The van der Waals surface area contributed by atoms with Gasteiger partial charge in [0.15, 0.2) is 0 Å². The van der Waals surface area contributed by atoms with Crippen LogP contribution in [0.15, 0.2) is 48.5 Å². The predicted octanol–water partition coefficient (Wildman–Crippen LogP) is 2.78. The van der Waals surface area contributed by atoms with Crippen LogP contribution >= 0.6 is 0 Å². The Labute approximate surface area is 195 Å². The minimum atomic E-state index is -0.384. The van der Waals surface area contributed by atoms with Gasteiger partial charge in [0.05, 0.1) is 0 Å². The molecular weight excluding hydrogens is 414 g/mol. The van der Waals surface area contributed by atoms with Crippen molar-refractivity contribution in [2.45, 2.75) is 45.7 Å². The number of anilines is 1. The van der Waals surface area contributed by atoms with Gasteiger partial charge in [-0.15, -0.1) is 0 Å². The predicted molar refractivity (Wildman–Crippen MR) is 129 cm³/mol. The zero-order valence-electron chi connectivity index (χ0n) is 19.9. The summed E-state index contributed by atoms with van der Waals surface area (Å²) >= 11 is 0. The van der Waals surface area contributed by atoms with Gasteiger partial charge in [-0.3, -0.25) is 19.9 Å². The van der Waals surface area contributed by atoms with Gasteiger partial charge >= 0.3 is 6.03 Å². The Hall–Kier alpha value is -2.90. The molecule has 0 aliphatic carbocycles. The van der Waals surface area contributed by atoms with Gasteiger partial charge in [-0.2, -0.15) is 0 Å². The molecule has 33 heavy (non-hydrogen) atoms. The molecule has 2 aromatic carbocycles. The molecule has 0 saturated carbocycles. The Balaban J connectivity index is 1.42. The van der Waals surface area contributed by atoms with Gasteiger partial charge in [-0.05, 0) is 55.0 Å². The summed E-state index contributed by atoms with van der Waals surface area (Å²) in [7, 11) is 1.80. The molecule has 0 aromatic heterocycles. The Morgan fingerprint density at radius 1 is 1.00 bits per heavy atom. The van der Waals surface area contributed by atoms with Crippen LogP contribution in [0.25, 0.3) is 0 Å². The summed E-state index contributed by atoms with van der Waals surface area (Å²) in [6.45, 7) is 8.60. The molecule has 4 atom stereocenters. The number of imide groups is 1. The van der Waals surface area contributed by atoms with E-state index >= 15 is 0 Å². The second kappa shape index (κ2) is 8.47. The lowest BCUT2D eigenvalue weighted by molar-refractivity contribution is -0.138. The number of amides is 3. The molecule has 7 nitrogen and oxygen atoms in total. The Bertz CT molecular complexity index is 1060. The topological polar surface area (TPSA) is 59.1 Å². The van der Waals surface area contributed by atoms with Crippen LogP contribution in [0, 0.1) is 19.8 Å². The van der Waals surface area contributed by atoms with Crippen LogP contribution in [-0.2, 0) is 11.2 Å². The molecule has 4 unspecified atom stereocenters. The number of urea groups is 1. The molecule has 174 valence electrons. The first-order chi connectivity index (χ1) is 15.8. The lowest BCUT2D eigenvalue weighted by atomic mass is 10.0. The van der Waals surface area contributed by atoms with Crippen molar-refractivity contribution < 1.29 is 9.59 Å². The van der Waals surface area contributed by atoms with Gasteiger partial charge in [0.1, 0.15) is 18.5 Å². The van der Waals surface area contributed by atoms with Gasteiger partial charge < -0.3 is 9.80 Å². The maximum absolute atomic E-state index is 13.7.